The van der Waals surface area contributed by atoms with Crippen molar-refractivity contribution in [2.75, 3.05) is 5.73 Å². The number of halogens is 1. The molecule has 0 radical (unpaired) electrons. The number of ether oxygens (including phenoxy) is 1. The molecule has 0 aliphatic carbocycles. The van der Waals surface area contributed by atoms with E-state index in [0.717, 1.165) is 0 Å². The lowest BCUT2D eigenvalue weighted by Crippen LogP contribution is -2.40. The summed E-state index contributed by atoms with van der Waals surface area (Å²) in [7, 11) is -4.44. The van der Waals surface area contributed by atoms with Crippen LogP contribution < -0.4 is 5.73 Å². The summed E-state index contributed by atoms with van der Waals surface area (Å²) in [6, 6.07) is 0. The van der Waals surface area contributed by atoms with Gasteiger partial charge in [-0.3, -0.25) is 9.13 Å². The van der Waals surface area contributed by atoms with Gasteiger partial charge in [0.2, 0.25) is 5.95 Å². The minimum absolute atomic E-state index is 0.00512. The Kier molecular flexibility index (Phi) is 6.92. The number of hydrogen-bond donors (Lipinski definition) is 5. The molecular weight excluding hydrogens is 465 g/mol. The SMILES string of the molecule is CCC(C)(C[C@H]1O[C@@H](n2cnc3c(Cl)nc(N)nc32)[C@H](O)[C@@H]1O)OP(=O)(O)C(C)(O)CC. The Morgan fingerprint density at radius 3 is 2.53 bits per heavy atom. The number of imidazole rings is 1. The van der Waals surface area contributed by atoms with E-state index in [1.165, 1.54) is 17.8 Å². The van der Waals surface area contributed by atoms with Crippen LogP contribution in [0, 0.1) is 0 Å². The second-order valence-electron chi connectivity index (χ2n) is 8.43. The molecule has 0 spiro atoms. The maximum atomic E-state index is 12.7. The number of aliphatic hydroxyl groups excluding tert-OH is 2. The Balaban J connectivity index is 1.86. The lowest BCUT2D eigenvalue weighted by Gasteiger charge is -2.37. The summed E-state index contributed by atoms with van der Waals surface area (Å²) in [6.45, 7) is 6.12. The van der Waals surface area contributed by atoms with E-state index in [2.05, 4.69) is 15.0 Å². The van der Waals surface area contributed by atoms with Gasteiger partial charge in [-0.15, -0.1) is 0 Å². The molecule has 0 amide bonds. The minimum atomic E-state index is -4.44. The lowest BCUT2D eigenvalue weighted by atomic mass is 9.93. The molecule has 0 bridgehead atoms. The zero-order valence-corrected chi connectivity index (χ0v) is 19.9. The van der Waals surface area contributed by atoms with Gasteiger partial charge in [0, 0.05) is 6.42 Å². The third-order valence-electron chi connectivity index (χ3n) is 6.01. The fourth-order valence-corrected chi connectivity index (χ4v) is 5.10. The van der Waals surface area contributed by atoms with Gasteiger partial charge in [0.15, 0.2) is 22.4 Å². The molecule has 7 atom stereocenters. The molecule has 1 aliphatic rings. The van der Waals surface area contributed by atoms with Gasteiger partial charge in [-0.2, -0.15) is 9.97 Å². The number of nitrogens with zero attached hydrogens (tertiary/aromatic N) is 4. The normalized spacial score (nSPS) is 29.5. The number of aliphatic hydroxyl groups is 3. The average molecular weight is 494 g/mol. The summed E-state index contributed by atoms with van der Waals surface area (Å²) in [5.41, 5.74) is 4.89. The highest BCUT2D eigenvalue weighted by Crippen LogP contribution is 2.59. The first-order valence-corrected chi connectivity index (χ1v) is 12.1. The molecule has 1 saturated heterocycles. The Labute approximate surface area is 189 Å². The molecule has 0 saturated carbocycles. The van der Waals surface area contributed by atoms with Crippen molar-refractivity contribution in [3.63, 3.8) is 0 Å². The van der Waals surface area contributed by atoms with Crippen LogP contribution in [0.4, 0.5) is 5.95 Å². The second kappa shape index (κ2) is 8.77. The fraction of sp³-hybridized carbons (Fsp3) is 0.722. The molecule has 14 heteroatoms. The zero-order chi connectivity index (χ0) is 24.1. The van der Waals surface area contributed by atoms with E-state index < -0.39 is 43.1 Å². The molecule has 0 aromatic carbocycles. The molecule has 3 rings (SSSR count). The monoisotopic (exact) mass is 493 g/mol. The van der Waals surface area contributed by atoms with Crippen LogP contribution in [0.3, 0.4) is 0 Å². The Morgan fingerprint density at radius 1 is 1.28 bits per heavy atom. The van der Waals surface area contributed by atoms with Gasteiger partial charge >= 0.3 is 7.60 Å². The van der Waals surface area contributed by atoms with Crippen LogP contribution in [0.5, 0.6) is 0 Å². The second-order valence-corrected chi connectivity index (χ2v) is 11.0. The first kappa shape index (κ1) is 25.3. The maximum absolute atomic E-state index is 12.7. The van der Waals surface area contributed by atoms with Crippen molar-refractivity contribution in [1.82, 2.24) is 19.5 Å². The molecule has 2 aromatic heterocycles. The highest BCUT2D eigenvalue weighted by atomic mass is 35.5. The summed E-state index contributed by atoms with van der Waals surface area (Å²) in [5, 5.41) is 29.7. The molecule has 3 unspecified atom stereocenters. The van der Waals surface area contributed by atoms with Crippen molar-refractivity contribution in [3.05, 3.63) is 11.5 Å². The van der Waals surface area contributed by atoms with Gasteiger partial charge in [-0.05, 0) is 26.7 Å². The van der Waals surface area contributed by atoms with Gasteiger partial charge in [-0.1, -0.05) is 25.4 Å². The standard InChI is InChI=1S/C18H29ClN5O7P/c1-5-17(3,31-32(28,29)18(4,27)6-2)7-9-11(25)12(26)15(30-9)24-8-21-10-13(19)22-16(20)23-14(10)24/h8-9,11-12,15,25-27H,5-7H2,1-4H3,(H,28,29)(H2,20,22,23)/t9-,11-,12-,15-,17?,18?/m1/s1. The van der Waals surface area contributed by atoms with Crippen molar-refractivity contribution < 1.29 is 34.0 Å². The van der Waals surface area contributed by atoms with Crippen LogP contribution in [0.1, 0.15) is 53.2 Å². The van der Waals surface area contributed by atoms with Gasteiger partial charge < -0.3 is 35.2 Å². The first-order valence-electron chi connectivity index (χ1n) is 10.2. The van der Waals surface area contributed by atoms with Crippen LogP contribution in [0.2, 0.25) is 5.15 Å². The van der Waals surface area contributed by atoms with Crippen molar-refractivity contribution in [2.24, 2.45) is 0 Å². The van der Waals surface area contributed by atoms with Crippen LogP contribution in [0.25, 0.3) is 11.2 Å². The van der Waals surface area contributed by atoms with Crippen LogP contribution in [-0.4, -0.2) is 69.0 Å². The van der Waals surface area contributed by atoms with E-state index in [-0.39, 0.29) is 41.5 Å². The third-order valence-corrected chi connectivity index (χ3v) is 8.50. The molecule has 2 aromatic rings. The predicted octanol–water partition coefficient (Wildman–Crippen LogP) is 1.56. The highest BCUT2D eigenvalue weighted by Gasteiger charge is 2.50. The molecular formula is C18H29ClN5O7P. The molecule has 6 N–H and O–H groups in total. The predicted molar refractivity (Wildman–Crippen MR) is 116 cm³/mol. The third kappa shape index (κ3) is 4.51. The summed E-state index contributed by atoms with van der Waals surface area (Å²) in [4.78, 5) is 22.4. The summed E-state index contributed by atoms with van der Waals surface area (Å²) in [5.74, 6) is -0.0949. The van der Waals surface area contributed by atoms with Crippen LogP contribution in [0.15, 0.2) is 6.33 Å². The number of nitrogen functional groups attached to an aromatic ring is 1. The molecule has 180 valence electrons. The lowest BCUT2D eigenvalue weighted by molar-refractivity contribution is -0.0689. The molecule has 12 nitrogen and oxygen atoms in total. The highest BCUT2D eigenvalue weighted by molar-refractivity contribution is 7.54. The first-order chi connectivity index (χ1) is 14.7. The quantitative estimate of drug-likeness (QED) is 0.265. The van der Waals surface area contributed by atoms with Gasteiger partial charge in [0.25, 0.3) is 0 Å². The maximum Gasteiger partial charge on any atom is 0.359 e. The Hall–Kier alpha value is -1.37. The smallest absolute Gasteiger partial charge is 0.359 e. The number of aromatic nitrogens is 4. The van der Waals surface area contributed by atoms with Gasteiger partial charge in [0.1, 0.15) is 17.7 Å². The van der Waals surface area contributed by atoms with Crippen molar-refractivity contribution >= 4 is 36.3 Å². The summed E-state index contributed by atoms with van der Waals surface area (Å²) in [6.07, 6.45) is -3.16. The summed E-state index contributed by atoms with van der Waals surface area (Å²) < 4.78 is 25.5. The molecule has 1 fully saturated rings. The van der Waals surface area contributed by atoms with E-state index in [1.807, 2.05) is 0 Å². The van der Waals surface area contributed by atoms with Crippen molar-refractivity contribution in [3.8, 4) is 0 Å². The number of nitrogens with two attached hydrogens (primary N) is 1. The van der Waals surface area contributed by atoms with Crippen molar-refractivity contribution in [1.29, 1.82) is 0 Å². The van der Waals surface area contributed by atoms with Crippen LogP contribution >= 0.6 is 19.2 Å². The number of hydrogen-bond acceptors (Lipinski definition) is 10. The van der Waals surface area contributed by atoms with E-state index in [9.17, 15) is 24.8 Å². The van der Waals surface area contributed by atoms with E-state index in [1.54, 1.807) is 20.8 Å². The Bertz CT molecular complexity index is 1040. The topological polar surface area (TPSA) is 186 Å². The average Bonchev–Trinajstić information content (AvgIpc) is 3.23. The largest absolute Gasteiger partial charge is 0.388 e. The van der Waals surface area contributed by atoms with Gasteiger partial charge in [0.05, 0.1) is 18.0 Å². The van der Waals surface area contributed by atoms with E-state index in [4.69, 9.17) is 26.6 Å². The fourth-order valence-electron chi connectivity index (χ4n) is 3.48. The number of rotatable bonds is 8. The summed E-state index contributed by atoms with van der Waals surface area (Å²) >= 11 is 6.05. The van der Waals surface area contributed by atoms with Gasteiger partial charge in [-0.25, -0.2) is 4.98 Å². The molecule has 1 aliphatic heterocycles. The van der Waals surface area contributed by atoms with Crippen LogP contribution in [-0.2, 0) is 13.8 Å². The minimum Gasteiger partial charge on any atom is -0.388 e. The number of anilines is 1. The molecule has 3 heterocycles. The van der Waals surface area contributed by atoms with Crippen molar-refractivity contribution in [2.45, 2.75) is 82.4 Å². The van der Waals surface area contributed by atoms with E-state index >= 15 is 0 Å². The molecule has 32 heavy (non-hydrogen) atoms. The zero-order valence-electron chi connectivity index (χ0n) is 18.2. The number of fused-ring (bicyclic) bond motifs is 1. The Morgan fingerprint density at radius 2 is 1.94 bits per heavy atom. The van der Waals surface area contributed by atoms with E-state index in [0.29, 0.717) is 0 Å².